The number of amides is 9. The van der Waals surface area contributed by atoms with E-state index in [1.165, 1.54) is 18.3 Å². The van der Waals surface area contributed by atoms with Crippen molar-refractivity contribution < 1.29 is 52.7 Å². The van der Waals surface area contributed by atoms with Crippen molar-refractivity contribution in [3.8, 4) is 0 Å². The summed E-state index contributed by atoms with van der Waals surface area (Å²) in [6, 6.07) is 11.6. The van der Waals surface area contributed by atoms with E-state index in [1.54, 1.807) is 74.7 Å². The number of urea groups is 1. The van der Waals surface area contributed by atoms with E-state index >= 15 is 0 Å². The highest BCUT2D eigenvalue weighted by molar-refractivity contribution is 6.13. The normalized spacial score (nSPS) is 13.5. The van der Waals surface area contributed by atoms with Crippen molar-refractivity contribution in [2.24, 2.45) is 28.3 Å². The molecule has 0 saturated heterocycles. The van der Waals surface area contributed by atoms with Gasteiger partial charge in [-0.15, -0.1) is 0 Å². The first kappa shape index (κ1) is 61.3. The van der Waals surface area contributed by atoms with Gasteiger partial charge in [0, 0.05) is 98.5 Å². The predicted molar refractivity (Wildman–Crippen MR) is 297 cm³/mol. The van der Waals surface area contributed by atoms with Crippen molar-refractivity contribution in [3.05, 3.63) is 101 Å². The van der Waals surface area contributed by atoms with Gasteiger partial charge in [0.15, 0.2) is 11.6 Å². The number of rotatable bonds is 31. The number of pyridine rings is 1. The lowest BCUT2D eigenvalue weighted by Crippen LogP contribution is -2.45. The Morgan fingerprint density at radius 1 is 0.810 bits per heavy atom. The molecule has 22 heteroatoms. The molecule has 0 radical (unpaired) electrons. The summed E-state index contributed by atoms with van der Waals surface area (Å²) in [6.07, 6.45) is 10.7. The van der Waals surface area contributed by atoms with Crippen LogP contribution in [0, 0.1) is 11.8 Å². The zero-order valence-electron chi connectivity index (χ0n) is 45.4. The number of unbranched alkanes of at least 4 members (excludes halogenated alkanes) is 2. The number of aromatic nitrogens is 1. The third-order valence-corrected chi connectivity index (χ3v) is 12.9. The molecule has 5 rings (SSSR count). The van der Waals surface area contributed by atoms with E-state index < -0.39 is 35.9 Å². The second kappa shape index (κ2) is 31.0. The number of primary amides is 1. The zero-order chi connectivity index (χ0) is 57.4. The van der Waals surface area contributed by atoms with Crippen molar-refractivity contribution in [1.29, 1.82) is 0 Å². The number of Topliss-reactive ketones (excluding diaryl/α,β-unsaturated/α-hetero) is 2. The maximum Gasteiger partial charge on any atom is 0.407 e. The summed E-state index contributed by atoms with van der Waals surface area (Å²) in [5, 5.41) is 13.4. The van der Waals surface area contributed by atoms with E-state index in [-0.39, 0.29) is 112 Å². The van der Waals surface area contributed by atoms with Crippen molar-refractivity contribution in [2.45, 2.75) is 117 Å². The van der Waals surface area contributed by atoms with Gasteiger partial charge in [-0.05, 0) is 98.4 Å². The summed E-state index contributed by atoms with van der Waals surface area (Å²) >= 11 is 0. The monoisotopic (exact) mass is 1090 g/mol. The van der Waals surface area contributed by atoms with Crippen LogP contribution in [0.3, 0.4) is 0 Å². The molecule has 3 aromatic rings. The number of nitrogens with one attached hydrogen (secondary N) is 5. The van der Waals surface area contributed by atoms with Crippen LogP contribution >= 0.6 is 0 Å². The average Bonchev–Trinajstić information content (AvgIpc) is 3.66. The number of aliphatic imine (C=N–C) groups is 1. The number of amidine groups is 1. The molecule has 2 aromatic carbocycles. The number of nitrogens with zero attached hydrogens (tertiary/aromatic N) is 4. The smallest absolute Gasteiger partial charge is 0.407 e. The molecular weight excluding hydrogens is 1010 g/mol. The number of ketones is 2. The van der Waals surface area contributed by atoms with Gasteiger partial charge in [0.1, 0.15) is 12.4 Å². The quantitative estimate of drug-likeness (QED) is 0.0297. The topological polar surface area (TPSA) is 324 Å². The minimum atomic E-state index is -0.867. The van der Waals surface area contributed by atoms with Crippen LogP contribution in [-0.2, 0) is 51.3 Å². The minimum absolute atomic E-state index is 0.0632. The van der Waals surface area contributed by atoms with Gasteiger partial charge in [-0.25, -0.2) is 14.6 Å². The lowest BCUT2D eigenvalue weighted by atomic mass is 9.89. The Morgan fingerprint density at radius 3 is 2.22 bits per heavy atom. The Labute approximate surface area is 460 Å². The molecule has 3 heterocycles. The van der Waals surface area contributed by atoms with Crippen molar-refractivity contribution in [3.63, 3.8) is 0 Å². The van der Waals surface area contributed by atoms with Crippen LogP contribution < -0.4 is 38.1 Å². The molecule has 0 saturated carbocycles. The van der Waals surface area contributed by atoms with Crippen LogP contribution in [0.4, 0.5) is 26.7 Å². The van der Waals surface area contributed by atoms with Gasteiger partial charge in [0.25, 0.3) is 17.7 Å². The standard InChI is InChI=1S/C57H73N11O11/c1-5-24-67(25-6-2)55(76)42-28-39-16-17-41(29-46(39)65-48(58)31-42)54(75)64-44-27-38(32-60-33-44)15-20-45(69)34-62-57(78)79-35-37-13-18-43(19-14-37)63-53(74)40(11-10-23-61-56(59)77)30-47(70)52(36(3)4)66-49(71)12-8-7-9-26-68-50(72)21-22-51(68)73/h13-14,16-19,21-22,27-29,32-33,36,40,52H,5-12,15,20,23-26,30-31,34-35H2,1-4H3,(H2,58,65)(H,62,78)(H,63,74)(H,64,75)(H,66,71)(H3,59,61,77)/t40-,52+/m1/s1. The van der Waals surface area contributed by atoms with Crippen LogP contribution in [0.1, 0.15) is 125 Å². The molecule has 422 valence electrons. The number of imide groups is 1. The lowest BCUT2D eigenvalue weighted by molar-refractivity contribution is -0.137. The average molecular weight is 1090 g/mol. The summed E-state index contributed by atoms with van der Waals surface area (Å²) in [7, 11) is 0. The predicted octanol–water partition coefficient (Wildman–Crippen LogP) is 5.78. The number of nitrogens with two attached hydrogens (primary N) is 2. The molecule has 9 amide bonds. The molecule has 22 nitrogen and oxygen atoms in total. The van der Waals surface area contributed by atoms with Gasteiger partial charge >= 0.3 is 12.1 Å². The molecule has 2 aliphatic rings. The summed E-state index contributed by atoms with van der Waals surface area (Å²) in [6.45, 7) is 8.88. The molecule has 0 fully saturated rings. The number of anilines is 2. The number of fused-ring (bicyclic) bond motifs is 1. The lowest BCUT2D eigenvalue weighted by Gasteiger charge is -2.24. The molecule has 79 heavy (non-hydrogen) atoms. The van der Waals surface area contributed by atoms with Gasteiger partial charge in [-0.2, -0.15) is 0 Å². The Balaban J connectivity index is 1.04. The van der Waals surface area contributed by atoms with Gasteiger partial charge in [-0.3, -0.25) is 48.2 Å². The van der Waals surface area contributed by atoms with E-state index in [0.717, 1.165) is 17.7 Å². The molecule has 9 N–H and O–H groups in total. The number of hydrogen-bond donors (Lipinski definition) is 7. The number of carbonyl (C=O) groups is 10. The number of aryl methyl sites for hydroxylation is 1. The SMILES string of the molecule is CCCN(CCC)C(=O)C1=Cc2ccc(C(=O)Nc3cncc(CCC(=O)CNC(=O)OCc4ccc(NC(=O)[C@H](CCCNC(N)=O)CC(=O)[C@@H](NC(=O)CCCCCN5C(=O)C=CC5=O)C(C)C)cc4)c3)cc2N=C(N)C1. The largest absolute Gasteiger partial charge is 0.445 e. The van der Waals surface area contributed by atoms with Crippen molar-refractivity contribution in [2.75, 3.05) is 43.4 Å². The molecule has 2 aliphatic heterocycles. The molecule has 0 aliphatic carbocycles. The number of ether oxygens (including phenoxy) is 1. The third kappa shape index (κ3) is 20.1. The van der Waals surface area contributed by atoms with E-state index in [4.69, 9.17) is 16.2 Å². The molecule has 0 spiro atoms. The van der Waals surface area contributed by atoms with Gasteiger partial charge in [0.05, 0.1) is 30.2 Å². The van der Waals surface area contributed by atoms with Crippen LogP contribution in [0.2, 0.25) is 0 Å². The van der Waals surface area contributed by atoms with E-state index in [2.05, 4.69) is 36.6 Å². The fourth-order valence-corrected chi connectivity index (χ4v) is 8.80. The van der Waals surface area contributed by atoms with Crippen LogP contribution in [0.5, 0.6) is 0 Å². The molecular formula is C57H73N11O11. The van der Waals surface area contributed by atoms with E-state index in [0.29, 0.717) is 83.7 Å². The summed E-state index contributed by atoms with van der Waals surface area (Å²) in [4.78, 5) is 139. The Bertz CT molecular complexity index is 2790. The van der Waals surface area contributed by atoms with Gasteiger partial charge in [-0.1, -0.05) is 52.3 Å². The highest BCUT2D eigenvalue weighted by Crippen LogP contribution is 2.29. The van der Waals surface area contributed by atoms with E-state index in [9.17, 15) is 47.9 Å². The maximum atomic E-state index is 13.7. The first-order valence-corrected chi connectivity index (χ1v) is 26.8. The highest BCUT2D eigenvalue weighted by atomic mass is 16.5. The Hall–Kier alpha value is -8.56. The molecule has 0 unspecified atom stereocenters. The second-order valence-electron chi connectivity index (χ2n) is 19.8. The molecule has 2 atom stereocenters. The number of carbonyl (C=O) groups excluding carboxylic acids is 10. The van der Waals surface area contributed by atoms with Crippen LogP contribution in [0.25, 0.3) is 6.08 Å². The summed E-state index contributed by atoms with van der Waals surface area (Å²) < 4.78 is 5.31. The summed E-state index contributed by atoms with van der Waals surface area (Å²) in [5.74, 6) is -3.50. The first-order valence-electron chi connectivity index (χ1n) is 26.8. The highest BCUT2D eigenvalue weighted by Gasteiger charge is 2.30. The Kier molecular flexibility index (Phi) is 24.0. The number of benzene rings is 2. The number of hydrogen-bond acceptors (Lipinski definition) is 14. The second-order valence-corrected chi connectivity index (χ2v) is 19.8. The van der Waals surface area contributed by atoms with Crippen molar-refractivity contribution >= 4 is 88.1 Å². The Morgan fingerprint density at radius 2 is 1.53 bits per heavy atom. The zero-order valence-corrected chi connectivity index (χ0v) is 45.4. The van der Waals surface area contributed by atoms with E-state index in [1.807, 2.05) is 18.7 Å². The van der Waals surface area contributed by atoms with Crippen LogP contribution in [0.15, 0.2) is 83.6 Å². The maximum absolute atomic E-state index is 13.7. The fraction of sp³-hybridized carbons (Fsp3) is 0.439. The molecule has 0 bridgehead atoms. The minimum Gasteiger partial charge on any atom is -0.445 e. The third-order valence-electron chi connectivity index (χ3n) is 12.9. The van der Waals surface area contributed by atoms with Crippen LogP contribution in [-0.4, -0.2) is 119 Å². The fourth-order valence-electron chi connectivity index (χ4n) is 8.80. The molecule has 1 aromatic heterocycles. The van der Waals surface area contributed by atoms with Gasteiger partial charge in [0.2, 0.25) is 17.7 Å². The summed E-state index contributed by atoms with van der Waals surface area (Å²) in [5.41, 5.74) is 15.5. The number of alkyl carbamates (subject to hydrolysis) is 1. The van der Waals surface area contributed by atoms with Crippen molar-refractivity contribution in [1.82, 2.24) is 30.7 Å². The first-order chi connectivity index (χ1) is 37.8. The van der Waals surface area contributed by atoms with Gasteiger partial charge < -0.3 is 47.7 Å².